The molecule has 3 amide bonds. The average Bonchev–Trinajstić information content (AvgIpc) is 3.40. The van der Waals surface area contributed by atoms with Crippen LogP contribution in [-0.4, -0.2) is 56.3 Å². The van der Waals surface area contributed by atoms with Gasteiger partial charge in [0.25, 0.3) is 5.91 Å². The van der Waals surface area contributed by atoms with Crippen LogP contribution in [0.5, 0.6) is 0 Å². The fourth-order valence-corrected chi connectivity index (χ4v) is 4.64. The first-order chi connectivity index (χ1) is 15.8. The Bertz CT molecular complexity index is 1220. The van der Waals surface area contributed by atoms with Gasteiger partial charge in [-0.15, -0.1) is 0 Å². The summed E-state index contributed by atoms with van der Waals surface area (Å²) in [6, 6.07) is 5.87. The molecule has 2 atom stereocenters. The summed E-state index contributed by atoms with van der Waals surface area (Å²) >= 11 is 0. The fourth-order valence-electron chi connectivity index (χ4n) is 4.64. The van der Waals surface area contributed by atoms with Crippen molar-refractivity contribution in [1.82, 2.24) is 24.7 Å². The number of nitrogens with one attached hydrogen (secondary N) is 1. The van der Waals surface area contributed by atoms with Crippen LogP contribution in [0.1, 0.15) is 45.8 Å². The van der Waals surface area contributed by atoms with Gasteiger partial charge in [0.2, 0.25) is 0 Å². The van der Waals surface area contributed by atoms with Gasteiger partial charge in [0.05, 0.1) is 24.5 Å². The molecule has 4 heterocycles. The van der Waals surface area contributed by atoms with E-state index in [1.54, 1.807) is 34.5 Å². The van der Waals surface area contributed by atoms with Crippen LogP contribution in [0.2, 0.25) is 0 Å². The first-order valence-electron chi connectivity index (χ1n) is 10.9. The van der Waals surface area contributed by atoms with E-state index in [2.05, 4.69) is 10.5 Å². The van der Waals surface area contributed by atoms with Crippen molar-refractivity contribution in [2.24, 2.45) is 0 Å². The summed E-state index contributed by atoms with van der Waals surface area (Å²) in [6.45, 7) is 4.87. The van der Waals surface area contributed by atoms with Crippen molar-refractivity contribution in [3.63, 3.8) is 0 Å². The Morgan fingerprint density at radius 2 is 2.09 bits per heavy atom. The van der Waals surface area contributed by atoms with E-state index < -0.39 is 0 Å². The van der Waals surface area contributed by atoms with Crippen molar-refractivity contribution in [2.45, 2.75) is 45.3 Å². The maximum atomic E-state index is 13.6. The highest BCUT2D eigenvalue weighted by molar-refractivity contribution is 5.95. The van der Waals surface area contributed by atoms with Gasteiger partial charge in [0.1, 0.15) is 17.8 Å². The Balaban J connectivity index is 1.43. The number of aryl methyl sites for hydroxylation is 1. The zero-order valence-corrected chi connectivity index (χ0v) is 18.7. The first-order valence-corrected chi connectivity index (χ1v) is 10.9. The number of likely N-dealkylation sites (N-methyl/N-ethyl adjacent to an activating group) is 1. The standard InChI is InChI=1S/C23H25FN6O3/c1-13-8-16(4-5-18(13)24)25-23(32)29-12-17-20(9-14(29)2)26-30-11-15(19-6-7-33-27-19)10-28(3)22(31)21(17)30/h4-8,14-15H,9-12H2,1-3H3,(H,25,32)/t14-,15-/m1/s1. The lowest BCUT2D eigenvalue weighted by molar-refractivity contribution is 0.0787. The number of hydrogen-bond donors (Lipinski definition) is 1. The monoisotopic (exact) mass is 452 g/mol. The third-order valence-electron chi connectivity index (χ3n) is 6.47. The van der Waals surface area contributed by atoms with Crippen LogP contribution in [-0.2, 0) is 19.5 Å². The Labute approximate surface area is 190 Å². The molecule has 10 heteroatoms. The molecule has 0 radical (unpaired) electrons. The molecule has 33 heavy (non-hydrogen) atoms. The maximum Gasteiger partial charge on any atom is 0.322 e. The van der Waals surface area contributed by atoms with Gasteiger partial charge in [0, 0.05) is 49.3 Å². The molecule has 3 aromatic rings. The SMILES string of the molecule is Cc1cc(NC(=O)N2Cc3c(nn4c3C(=O)N(C)C[C@@H](c3ccon3)C4)C[C@H]2C)ccc1F. The minimum atomic E-state index is -0.321. The summed E-state index contributed by atoms with van der Waals surface area (Å²) in [5.74, 6) is -0.490. The summed E-state index contributed by atoms with van der Waals surface area (Å²) in [7, 11) is 1.76. The van der Waals surface area contributed by atoms with Crippen molar-refractivity contribution in [2.75, 3.05) is 18.9 Å². The number of anilines is 1. The van der Waals surface area contributed by atoms with Crippen LogP contribution in [0.4, 0.5) is 14.9 Å². The van der Waals surface area contributed by atoms with Gasteiger partial charge in [-0.05, 0) is 37.6 Å². The third kappa shape index (κ3) is 3.75. The summed E-state index contributed by atoms with van der Waals surface area (Å²) < 4.78 is 20.3. The van der Waals surface area contributed by atoms with Crippen LogP contribution < -0.4 is 5.32 Å². The Morgan fingerprint density at radius 1 is 1.27 bits per heavy atom. The van der Waals surface area contributed by atoms with Gasteiger partial charge < -0.3 is 19.6 Å². The number of nitrogens with zero attached hydrogens (tertiary/aromatic N) is 5. The predicted octanol–water partition coefficient (Wildman–Crippen LogP) is 3.17. The second kappa shape index (κ2) is 8.02. The number of carbonyl (C=O) groups excluding carboxylic acids is 2. The largest absolute Gasteiger partial charge is 0.364 e. The van der Waals surface area contributed by atoms with E-state index in [4.69, 9.17) is 9.62 Å². The third-order valence-corrected chi connectivity index (χ3v) is 6.47. The lowest BCUT2D eigenvalue weighted by atomic mass is 9.99. The van der Waals surface area contributed by atoms with Gasteiger partial charge in [0.15, 0.2) is 0 Å². The Hall–Kier alpha value is -3.69. The smallest absolute Gasteiger partial charge is 0.322 e. The van der Waals surface area contributed by atoms with Crippen molar-refractivity contribution in [3.05, 3.63) is 64.6 Å². The molecular formula is C23H25FN6O3. The van der Waals surface area contributed by atoms with Crippen molar-refractivity contribution < 1.29 is 18.5 Å². The summed E-state index contributed by atoms with van der Waals surface area (Å²) in [5, 5.41) is 11.7. The highest BCUT2D eigenvalue weighted by Gasteiger charge is 2.37. The van der Waals surface area contributed by atoms with Crippen LogP contribution in [0.15, 0.2) is 35.1 Å². The highest BCUT2D eigenvalue weighted by Crippen LogP contribution is 2.31. The zero-order valence-electron chi connectivity index (χ0n) is 18.7. The van der Waals surface area contributed by atoms with Crippen LogP contribution in [0, 0.1) is 12.7 Å². The predicted molar refractivity (Wildman–Crippen MR) is 117 cm³/mol. The molecule has 0 fully saturated rings. The van der Waals surface area contributed by atoms with E-state index >= 15 is 0 Å². The number of urea groups is 1. The second-order valence-electron chi connectivity index (χ2n) is 8.84. The van der Waals surface area contributed by atoms with Crippen LogP contribution in [0.25, 0.3) is 0 Å². The number of aromatic nitrogens is 3. The van der Waals surface area contributed by atoms with Crippen LogP contribution >= 0.6 is 0 Å². The number of benzene rings is 1. The fraction of sp³-hybridized carbons (Fsp3) is 0.391. The molecule has 1 N–H and O–H groups in total. The number of rotatable bonds is 2. The molecule has 0 bridgehead atoms. The summed E-state index contributed by atoms with van der Waals surface area (Å²) in [6.07, 6.45) is 2.06. The molecule has 2 aromatic heterocycles. The van der Waals surface area contributed by atoms with Gasteiger partial charge in [-0.2, -0.15) is 5.10 Å². The van der Waals surface area contributed by atoms with Crippen molar-refractivity contribution in [1.29, 1.82) is 0 Å². The molecule has 172 valence electrons. The van der Waals surface area contributed by atoms with E-state index in [0.29, 0.717) is 36.5 Å². The lowest BCUT2D eigenvalue weighted by Crippen LogP contribution is -2.45. The van der Waals surface area contributed by atoms with Crippen molar-refractivity contribution in [3.8, 4) is 0 Å². The molecule has 1 aromatic carbocycles. The van der Waals surface area contributed by atoms with Gasteiger partial charge in [-0.1, -0.05) is 5.16 Å². The first kappa shape index (κ1) is 21.2. The maximum absolute atomic E-state index is 13.6. The molecular weight excluding hydrogens is 427 g/mol. The minimum Gasteiger partial charge on any atom is -0.364 e. The topological polar surface area (TPSA) is 96.5 Å². The van der Waals surface area contributed by atoms with E-state index in [9.17, 15) is 14.0 Å². The van der Waals surface area contributed by atoms with Gasteiger partial charge >= 0.3 is 6.03 Å². The number of hydrogen-bond acceptors (Lipinski definition) is 5. The number of halogens is 1. The molecule has 2 aliphatic rings. The average molecular weight is 452 g/mol. The summed E-state index contributed by atoms with van der Waals surface area (Å²) in [4.78, 5) is 29.7. The molecule has 5 rings (SSSR count). The highest BCUT2D eigenvalue weighted by atomic mass is 19.1. The van der Waals surface area contributed by atoms with Crippen molar-refractivity contribution >= 4 is 17.6 Å². The zero-order chi connectivity index (χ0) is 23.3. The van der Waals surface area contributed by atoms with E-state index in [1.165, 1.54) is 18.4 Å². The molecule has 0 spiro atoms. The summed E-state index contributed by atoms with van der Waals surface area (Å²) in [5.41, 5.74) is 3.88. The number of amides is 3. The molecule has 0 aliphatic carbocycles. The molecule has 2 aliphatic heterocycles. The van der Waals surface area contributed by atoms with Gasteiger partial charge in [-0.3, -0.25) is 9.48 Å². The molecule has 0 saturated heterocycles. The quantitative estimate of drug-likeness (QED) is 0.644. The minimum absolute atomic E-state index is 0.0427. The normalized spacial score (nSPS) is 20.3. The lowest BCUT2D eigenvalue weighted by Gasteiger charge is -2.33. The number of fused-ring (bicyclic) bond motifs is 3. The van der Waals surface area contributed by atoms with E-state index in [0.717, 1.165) is 17.0 Å². The molecule has 0 saturated carbocycles. The van der Waals surface area contributed by atoms with Crippen LogP contribution in [0.3, 0.4) is 0 Å². The number of carbonyl (C=O) groups is 2. The molecule has 0 unspecified atom stereocenters. The Kier molecular flexibility index (Phi) is 5.15. The second-order valence-corrected chi connectivity index (χ2v) is 8.84. The Morgan fingerprint density at radius 3 is 2.82 bits per heavy atom. The van der Waals surface area contributed by atoms with E-state index in [1.807, 2.05) is 13.0 Å². The molecule has 9 nitrogen and oxygen atoms in total. The van der Waals surface area contributed by atoms with E-state index in [-0.39, 0.29) is 36.3 Å². The van der Waals surface area contributed by atoms with Gasteiger partial charge in [-0.25, -0.2) is 9.18 Å².